The van der Waals surface area contributed by atoms with Gasteiger partial charge in [0.1, 0.15) is 4.70 Å². The zero-order valence-corrected chi connectivity index (χ0v) is 19.8. The van der Waals surface area contributed by atoms with E-state index in [4.69, 9.17) is 44.8 Å². The normalized spacial score (nSPS) is 11.0. The minimum Gasteiger partial charge on any atom is -0.494 e. The van der Waals surface area contributed by atoms with Gasteiger partial charge in [-0.25, -0.2) is 13.8 Å². The minimum atomic E-state index is -0.708. The summed E-state index contributed by atoms with van der Waals surface area (Å²) in [6.45, 7) is 0.0222. The zero-order chi connectivity index (χ0) is 23.9. The van der Waals surface area contributed by atoms with Gasteiger partial charge in [-0.1, -0.05) is 34.8 Å². The summed E-state index contributed by atoms with van der Waals surface area (Å²) in [5.41, 5.74) is -0.606. The Bertz CT molecular complexity index is 1570. The number of nitrogens with zero attached hydrogens (tertiary/aromatic N) is 4. The van der Waals surface area contributed by atoms with Gasteiger partial charge in [-0.05, 0) is 18.2 Å². The Morgan fingerprint density at radius 1 is 1.18 bits per heavy atom. The number of methoxy groups -OCH3 is 1. The molecule has 168 valence electrons. The standard InChI is InChI=1S/C21H12Cl3FN4O3S/c1-32-16-5-10(11(22)6-13(16)25)17-7-14-19(33-17)20(30)29(21(31)28(14)4-2-3-26)15-9-27-8-12(23)18(15)24/h5-9H,2,4H2,1H3. The molecule has 0 amide bonds. The maximum atomic E-state index is 14.0. The number of benzene rings is 1. The number of hydrogen-bond acceptors (Lipinski definition) is 6. The van der Waals surface area contributed by atoms with Crippen LogP contribution in [0.1, 0.15) is 6.42 Å². The monoisotopic (exact) mass is 524 g/mol. The molecule has 33 heavy (non-hydrogen) atoms. The number of ether oxygens (including phenoxy) is 1. The van der Waals surface area contributed by atoms with E-state index < -0.39 is 17.1 Å². The van der Waals surface area contributed by atoms with E-state index in [2.05, 4.69) is 4.98 Å². The van der Waals surface area contributed by atoms with Gasteiger partial charge in [0, 0.05) is 23.2 Å². The molecule has 0 radical (unpaired) electrons. The average Bonchev–Trinajstić information content (AvgIpc) is 3.22. The molecule has 3 aromatic heterocycles. The molecule has 0 N–H and O–H groups in total. The first kappa shape index (κ1) is 23.3. The third-order valence-corrected chi connectivity index (χ3v) is 7.08. The fourth-order valence-corrected chi connectivity index (χ4v) is 5.07. The van der Waals surface area contributed by atoms with E-state index in [9.17, 15) is 14.0 Å². The highest BCUT2D eigenvalue weighted by Gasteiger charge is 2.22. The summed E-state index contributed by atoms with van der Waals surface area (Å²) in [5, 5.41) is 9.23. The second-order valence-corrected chi connectivity index (χ2v) is 8.97. The first-order chi connectivity index (χ1) is 15.8. The molecular weight excluding hydrogens is 514 g/mol. The molecule has 0 aliphatic carbocycles. The number of hydrogen-bond donors (Lipinski definition) is 0. The highest BCUT2D eigenvalue weighted by atomic mass is 35.5. The van der Waals surface area contributed by atoms with Crippen molar-refractivity contribution >= 4 is 56.4 Å². The molecule has 0 saturated heterocycles. The van der Waals surface area contributed by atoms with Gasteiger partial charge < -0.3 is 4.74 Å². The number of nitriles is 1. The SMILES string of the molecule is COc1cc(-c2cc3c(s2)c(=O)n(-c2cncc(Cl)c2Cl)c(=O)n3CCC#N)c(Cl)cc1F. The van der Waals surface area contributed by atoms with Crippen LogP contribution >= 0.6 is 46.1 Å². The van der Waals surface area contributed by atoms with E-state index in [0.29, 0.717) is 16.0 Å². The second kappa shape index (κ2) is 9.15. The van der Waals surface area contributed by atoms with Gasteiger partial charge in [-0.2, -0.15) is 5.26 Å². The third kappa shape index (κ3) is 4.00. The van der Waals surface area contributed by atoms with E-state index in [-0.39, 0.29) is 44.2 Å². The topological polar surface area (TPSA) is 89.9 Å². The molecule has 3 heterocycles. The molecule has 0 spiro atoms. The van der Waals surface area contributed by atoms with E-state index in [0.717, 1.165) is 22.0 Å². The fourth-order valence-electron chi connectivity index (χ4n) is 3.31. The van der Waals surface area contributed by atoms with Crippen molar-refractivity contribution in [3.8, 4) is 27.9 Å². The van der Waals surface area contributed by atoms with Crippen LogP contribution < -0.4 is 16.0 Å². The number of halogens is 4. The van der Waals surface area contributed by atoms with Crippen LogP contribution in [0.5, 0.6) is 5.75 Å². The lowest BCUT2D eigenvalue weighted by Crippen LogP contribution is -2.38. The summed E-state index contributed by atoms with van der Waals surface area (Å²) in [4.78, 5) is 31.2. The van der Waals surface area contributed by atoms with E-state index in [1.54, 1.807) is 6.07 Å². The van der Waals surface area contributed by atoms with Gasteiger partial charge in [-0.15, -0.1) is 11.3 Å². The molecule has 0 atom stereocenters. The zero-order valence-electron chi connectivity index (χ0n) is 16.7. The van der Waals surface area contributed by atoms with Crippen molar-refractivity contribution < 1.29 is 9.13 Å². The molecular formula is C21H12Cl3FN4O3S. The van der Waals surface area contributed by atoms with Crippen LogP contribution in [-0.4, -0.2) is 21.2 Å². The van der Waals surface area contributed by atoms with Crippen molar-refractivity contribution in [2.24, 2.45) is 0 Å². The number of aryl methyl sites for hydroxylation is 1. The first-order valence-corrected chi connectivity index (χ1v) is 11.2. The maximum absolute atomic E-state index is 14.0. The fraction of sp³-hybridized carbons (Fsp3) is 0.143. The lowest BCUT2D eigenvalue weighted by atomic mass is 10.1. The second-order valence-electron chi connectivity index (χ2n) is 6.73. The van der Waals surface area contributed by atoms with Crippen molar-refractivity contribution in [2.45, 2.75) is 13.0 Å². The minimum absolute atomic E-state index is 0.0138. The molecule has 4 aromatic rings. The van der Waals surface area contributed by atoms with Crippen LogP contribution in [0, 0.1) is 17.1 Å². The van der Waals surface area contributed by atoms with E-state index >= 15 is 0 Å². The lowest BCUT2D eigenvalue weighted by molar-refractivity contribution is 0.387. The third-order valence-electron chi connectivity index (χ3n) is 4.84. The molecule has 0 aliphatic rings. The summed E-state index contributed by atoms with van der Waals surface area (Å²) >= 11 is 19.6. The summed E-state index contributed by atoms with van der Waals surface area (Å²) in [7, 11) is 1.32. The lowest BCUT2D eigenvalue weighted by Gasteiger charge is -2.12. The van der Waals surface area contributed by atoms with Crippen LogP contribution in [0.2, 0.25) is 15.1 Å². The molecule has 4 rings (SSSR count). The molecule has 0 unspecified atom stereocenters. The number of rotatable bonds is 5. The number of pyridine rings is 1. The summed E-state index contributed by atoms with van der Waals surface area (Å²) in [5.74, 6) is -0.660. The predicted molar refractivity (Wildman–Crippen MR) is 127 cm³/mol. The van der Waals surface area contributed by atoms with Gasteiger partial charge in [-0.3, -0.25) is 14.3 Å². The van der Waals surface area contributed by atoms with Crippen molar-refractivity contribution in [3.63, 3.8) is 0 Å². The summed E-state index contributed by atoms with van der Waals surface area (Å²) in [6.07, 6.45) is 2.57. The Morgan fingerprint density at radius 3 is 2.64 bits per heavy atom. The molecule has 0 aliphatic heterocycles. The Balaban J connectivity index is 2.07. The van der Waals surface area contributed by atoms with Crippen molar-refractivity contribution in [1.29, 1.82) is 5.26 Å². The van der Waals surface area contributed by atoms with Crippen molar-refractivity contribution in [1.82, 2.24) is 14.1 Å². The van der Waals surface area contributed by atoms with Crippen LogP contribution in [0.4, 0.5) is 4.39 Å². The quantitative estimate of drug-likeness (QED) is 0.353. The Morgan fingerprint density at radius 2 is 1.94 bits per heavy atom. The molecule has 0 bridgehead atoms. The summed E-state index contributed by atoms with van der Waals surface area (Å²) in [6, 6.07) is 6.11. The largest absolute Gasteiger partial charge is 0.494 e. The number of fused-ring (bicyclic) bond motifs is 1. The Hall–Kier alpha value is -2.90. The van der Waals surface area contributed by atoms with Crippen molar-refractivity contribution in [2.75, 3.05) is 7.11 Å². The van der Waals surface area contributed by atoms with Crippen LogP contribution in [0.3, 0.4) is 0 Å². The number of thiophene rings is 1. The van der Waals surface area contributed by atoms with Crippen LogP contribution in [0.15, 0.2) is 40.2 Å². The number of aromatic nitrogens is 3. The Labute approximate surface area is 204 Å². The Kier molecular flexibility index (Phi) is 6.45. The van der Waals surface area contributed by atoms with Crippen LogP contribution in [-0.2, 0) is 6.54 Å². The highest BCUT2D eigenvalue weighted by molar-refractivity contribution is 7.22. The smallest absolute Gasteiger partial charge is 0.336 e. The van der Waals surface area contributed by atoms with Gasteiger partial charge in [0.25, 0.3) is 5.56 Å². The molecule has 12 heteroatoms. The van der Waals surface area contributed by atoms with Gasteiger partial charge in [0.2, 0.25) is 0 Å². The maximum Gasteiger partial charge on any atom is 0.336 e. The summed E-state index contributed by atoms with van der Waals surface area (Å²) < 4.78 is 21.4. The first-order valence-electron chi connectivity index (χ1n) is 9.27. The molecule has 1 aromatic carbocycles. The van der Waals surface area contributed by atoms with E-state index in [1.807, 2.05) is 6.07 Å². The molecule has 0 fully saturated rings. The predicted octanol–water partition coefficient (Wildman–Crippen LogP) is 5.30. The average molecular weight is 526 g/mol. The van der Waals surface area contributed by atoms with Gasteiger partial charge in [0.15, 0.2) is 11.6 Å². The van der Waals surface area contributed by atoms with Gasteiger partial charge in [0.05, 0.1) is 52.1 Å². The van der Waals surface area contributed by atoms with Gasteiger partial charge >= 0.3 is 5.69 Å². The van der Waals surface area contributed by atoms with Crippen molar-refractivity contribution in [3.05, 3.63) is 72.3 Å². The molecule has 7 nitrogen and oxygen atoms in total. The van der Waals surface area contributed by atoms with E-state index in [1.165, 1.54) is 30.1 Å². The highest BCUT2D eigenvalue weighted by Crippen LogP contribution is 2.39. The van der Waals surface area contributed by atoms with Crippen LogP contribution in [0.25, 0.3) is 26.3 Å². The molecule has 0 saturated carbocycles.